The third-order valence-corrected chi connectivity index (χ3v) is 5.47. The highest BCUT2D eigenvalue weighted by atomic mass is 16.5. The van der Waals surface area contributed by atoms with Crippen molar-refractivity contribution in [3.63, 3.8) is 0 Å². The number of carbonyl (C=O) groups is 1. The lowest BCUT2D eigenvalue weighted by Crippen LogP contribution is -2.07. The standard InChI is InChI=1S/C27H25NO4/c1-3-20-12-14-25(26(18(20)2)27(29)30)32-16-19-7-6-9-23(15-19)31-17-22-13-11-21-8-4-5-10-24(21)28-22/h4-15H,3,16-17H2,1-2H3,(H,29,30). The van der Waals surface area contributed by atoms with Gasteiger partial charge in [0.1, 0.15) is 30.3 Å². The van der Waals surface area contributed by atoms with Crippen LogP contribution in [0.2, 0.25) is 0 Å². The van der Waals surface area contributed by atoms with E-state index in [1.165, 1.54) is 0 Å². The van der Waals surface area contributed by atoms with Gasteiger partial charge in [-0.1, -0.05) is 49.4 Å². The number of rotatable bonds is 8. The molecule has 1 aromatic heterocycles. The van der Waals surface area contributed by atoms with Crippen molar-refractivity contribution in [2.45, 2.75) is 33.5 Å². The Balaban J connectivity index is 1.44. The lowest BCUT2D eigenvalue weighted by Gasteiger charge is -2.14. The van der Waals surface area contributed by atoms with E-state index in [0.717, 1.165) is 39.7 Å². The lowest BCUT2D eigenvalue weighted by atomic mass is 9.99. The molecule has 0 aliphatic carbocycles. The third kappa shape index (κ3) is 4.72. The Morgan fingerprint density at radius 3 is 2.59 bits per heavy atom. The maximum atomic E-state index is 11.8. The van der Waals surface area contributed by atoms with Crippen molar-refractivity contribution in [3.8, 4) is 11.5 Å². The van der Waals surface area contributed by atoms with E-state index in [0.29, 0.717) is 18.1 Å². The quantitative estimate of drug-likeness (QED) is 0.376. The zero-order valence-corrected chi connectivity index (χ0v) is 18.2. The Bertz CT molecular complexity index is 1270. The van der Waals surface area contributed by atoms with Gasteiger partial charge in [0, 0.05) is 5.39 Å². The third-order valence-electron chi connectivity index (χ3n) is 5.47. The summed E-state index contributed by atoms with van der Waals surface area (Å²) >= 11 is 0. The minimum Gasteiger partial charge on any atom is -0.488 e. The predicted molar refractivity (Wildman–Crippen MR) is 124 cm³/mol. The fraction of sp³-hybridized carbons (Fsp3) is 0.185. The van der Waals surface area contributed by atoms with E-state index in [1.807, 2.05) is 80.6 Å². The minimum atomic E-state index is -0.979. The summed E-state index contributed by atoms with van der Waals surface area (Å²) in [6.45, 7) is 4.43. The number of ether oxygens (including phenoxy) is 2. The van der Waals surface area contributed by atoms with Crippen molar-refractivity contribution in [3.05, 3.63) is 101 Å². The largest absolute Gasteiger partial charge is 0.488 e. The molecule has 5 heteroatoms. The average molecular weight is 428 g/mol. The second-order valence-corrected chi connectivity index (χ2v) is 7.60. The van der Waals surface area contributed by atoms with E-state index in [2.05, 4.69) is 4.98 Å². The molecule has 0 amide bonds. The summed E-state index contributed by atoms with van der Waals surface area (Å²) in [5.41, 5.74) is 4.66. The molecule has 0 unspecified atom stereocenters. The Morgan fingerprint density at radius 1 is 0.938 bits per heavy atom. The molecule has 32 heavy (non-hydrogen) atoms. The second-order valence-electron chi connectivity index (χ2n) is 7.60. The molecule has 4 aromatic rings. The van der Waals surface area contributed by atoms with Crippen LogP contribution in [-0.2, 0) is 19.6 Å². The van der Waals surface area contributed by atoms with Crippen molar-refractivity contribution >= 4 is 16.9 Å². The molecule has 162 valence electrons. The molecule has 0 aliphatic heterocycles. The Hall–Kier alpha value is -3.86. The molecular weight excluding hydrogens is 402 g/mol. The summed E-state index contributed by atoms with van der Waals surface area (Å²) in [5.74, 6) is 0.101. The topological polar surface area (TPSA) is 68.7 Å². The van der Waals surface area contributed by atoms with Crippen molar-refractivity contribution < 1.29 is 19.4 Å². The molecular formula is C27H25NO4. The van der Waals surface area contributed by atoms with Crippen molar-refractivity contribution in [2.24, 2.45) is 0 Å². The van der Waals surface area contributed by atoms with Crippen LogP contribution in [-0.4, -0.2) is 16.1 Å². The molecule has 3 aromatic carbocycles. The molecule has 0 fully saturated rings. The maximum absolute atomic E-state index is 11.8. The molecule has 0 atom stereocenters. The number of pyridine rings is 1. The van der Waals surface area contributed by atoms with Crippen LogP contribution in [0.15, 0.2) is 72.8 Å². The molecule has 0 saturated heterocycles. The number of carboxylic acids is 1. The Morgan fingerprint density at radius 2 is 1.78 bits per heavy atom. The van der Waals surface area contributed by atoms with Gasteiger partial charge in [0.15, 0.2) is 0 Å². The molecule has 0 spiro atoms. The number of nitrogens with zero attached hydrogens (tertiary/aromatic N) is 1. The lowest BCUT2D eigenvalue weighted by molar-refractivity contribution is 0.0690. The van der Waals surface area contributed by atoms with E-state index in [1.54, 1.807) is 6.07 Å². The van der Waals surface area contributed by atoms with E-state index >= 15 is 0 Å². The zero-order chi connectivity index (χ0) is 22.5. The molecule has 1 N–H and O–H groups in total. The summed E-state index contributed by atoms with van der Waals surface area (Å²) < 4.78 is 11.8. The van der Waals surface area contributed by atoms with Crippen LogP contribution in [0.1, 0.15) is 39.7 Å². The molecule has 0 radical (unpaired) electrons. The number of aromatic nitrogens is 1. The van der Waals surface area contributed by atoms with Gasteiger partial charge in [0.25, 0.3) is 0 Å². The molecule has 5 nitrogen and oxygen atoms in total. The van der Waals surface area contributed by atoms with Crippen LogP contribution in [0.25, 0.3) is 10.9 Å². The summed E-state index contributed by atoms with van der Waals surface area (Å²) in [4.78, 5) is 16.4. The van der Waals surface area contributed by atoms with Crippen LogP contribution in [0.4, 0.5) is 0 Å². The number of aromatic carboxylic acids is 1. The number of para-hydroxylation sites is 1. The van der Waals surface area contributed by atoms with Gasteiger partial charge >= 0.3 is 5.97 Å². The average Bonchev–Trinajstić information content (AvgIpc) is 2.81. The van der Waals surface area contributed by atoms with Gasteiger partial charge in [0.05, 0.1) is 11.2 Å². The first-order valence-corrected chi connectivity index (χ1v) is 10.6. The highest BCUT2D eigenvalue weighted by Crippen LogP contribution is 2.27. The smallest absolute Gasteiger partial charge is 0.339 e. The fourth-order valence-electron chi connectivity index (χ4n) is 3.73. The number of aryl methyl sites for hydroxylation is 1. The van der Waals surface area contributed by atoms with Gasteiger partial charge in [-0.15, -0.1) is 0 Å². The monoisotopic (exact) mass is 427 g/mol. The van der Waals surface area contributed by atoms with Crippen LogP contribution in [0.3, 0.4) is 0 Å². The van der Waals surface area contributed by atoms with Crippen LogP contribution >= 0.6 is 0 Å². The van der Waals surface area contributed by atoms with Gasteiger partial charge in [-0.25, -0.2) is 9.78 Å². The zero-order valence-electron chi connectivity index (χ0n) is 18.2. The van der Waals surface area contributed by atoms with Gasteiger partial charge in [-0.3, -0.25) is 0 Å². The second kappa shape index (κ2) is 9.52. The van der Waals surface area contributed by atoms with Crippen molar-refractivity contribution in [1.82, 2.24) is 4.98 Å². The first-order valence-electron chi connectivity index (χ1n) is 10.6. The van der Waals surface area contributed by atoms with Crippen LogP contribution < -0.4 is 9.47 Å². The van der Waals surface area contributed by atoms with Gasteiger partial charge in [-0.2, -0.15) is 0 Å². The summed E-state index contributed by atoms with van der Waals surface area (Å²) in [7, 11) is 0. The molecule has 4 rings (SSSR count). The first kappa shape index (κ1) is 21.4. The SMILES string of the molecule is CCc1ccc(OCc2cccc(OCc3ccc4ccccc4n3)c2)c(C(=O)O)c1C. The van der Waals surface area contributed by atoms with Crippen molar-refractivity contribution in [2.75, 3.05) is 0 Å². The highest BCUT2D eigenvalue weighted by Gasteiger charge is 2.17. The Kier molecular flexibility index (Phi) is 6.36. The molecule has 0 aliphatic rings. The number of fused-ring (bicyclic) bond motifs is 1. The predicted octanol–water partition coefficient (Wildman–Crippen LogP) is 5.96. The summed E-state index contributed by atoms with van der Waals surface area (Å²) in [5, 5.41) is 10.7. The molecule has 1 heterocycles. The van der Waals surface area contributed by atoms with E-state index in [9.17, 15) is 9.90 Å². The Labute approximate surface area is 187 Å². The summed E-state index contributed by atoms with van der Waals surface area (Å²) in [6.07, 6.45) is 0.776. The molecule has 0 bridgehead atoms. The van der Waals surface area contributed by atoms with Crippen LogP contribution in [0, 0.1) is 6.92 Å². The first-order chi connectivity index (χ1) is 15.5. The van der Waals surface area contributed by atoms with E-state index in [-0.39, 0.29) is 12.2 Å². The normalized spacial score (nSPS) is 10.8. The number of carboxylic acid groups (broad SMARTS) is 1. The highest BCUT2D eigenvalue weighted by molar-refractivity contribution is 5.93. The van der Waals surface area contributed by atoms with Gasteiger partial charge in [-0.05, 0) is 60.4 Å². The summed E-state index contributed by atoms with van der Waals surface area (Å²) in [6, 6.07) is 23.2. The van der Waals surface area contributed by atoms with Gasteiger partial charge < -0.3 is 14.6 Å². The van der Waals surface area contributed by atoms with Gasteiger partial charge in [0.2, 0.25) is 0 Å². The fourth-order valence-corrected chi connectivity index (χ4v) is 3.73. The van der Waals surface area contributed by atoms with E-state index in [4.69, 9.17) is 9.47 Å². The van der Waals surface area contributed by atoms with E-state index < -0.39 is 5.97 Å². The molecule has 0 saturated carbocycles. The maximum Gasteiger partial charge on any atom is 0.339 e. The number of hydrogen-bond acceptors (Lipinski definition) is 4. The number of hydrogen-bond donors (Lipinski definition) is 1. The van der Waals surface area contributed by atoms with Crippen molar-refractivity contribution in [1.29, 1.82) is 0 Å². The minimum absolute atomic E-state index is 0.221. The van der Waals surface area contributed by atoms with Crippen LogP contribution in [0.5, 0.6) is 11.5 Å². The number of benzene rings is 3.